The van der Waals surface area contributed by atoms with E-state index in [9.17, 15) is 24.3 Å². The fourth-order valence-corrected chi connectivity index (χ4v) is 7.16. The molecule has 212 valence electrons. The number of phenols is 1. The van der Waals surface area contributed by atoms with Gasteiger partial charge in [0.25, 0.3) is 0 Å². The minimum Gasteiger partial charge on any atom is -0.508 e. The van der Waals surface area contributed by atoms with Crippen LogP contribution in [-0.2, 0) is 16.1 Å². The number of rotatable bonds is 4. The monoisotopic (exact) mass is 557 g/mol. The van der Waals surface area contributed by atoms with Crippen LogP contribution in [0.15, 0.2) is 74.8 Å². The molecule has 2 aromatic carbocycles. The van der Waals surface area contributed by atoms with Gasteiger partial charge >= 0.3 is 11.4 Å². The molecule has 1 aliphatic heterocycles. The number of Topliss-reactive ketones (excluding diaryl/α,β-unsaturated/α-hetero) is 2. The molecule has 10 heteroatoms. The molecule has 3 aliphatic rings. The summed E-state index contributed by atoms with van der Waals surface area (Å²) in [4.78, 5) is 55.6. The second-order valence-corrected chi connectivity index (χ2v) is 11.1. The van der Waals surface area contributed by atoms with Crippen molar-refractivity contribution in [1.29, 1.82) is 0 Å². The normalized spacial score (nSPS) is 25.3. The Bertz CT molecular complexity index is 1780. The van der Waals surface area contributed by atoms with Crippen molar-refractivity contribution in [3.8, 4) is 22.9 Å². The molecule has 0 radical (unpaired) electrons. The summed E-state index contributed by atoms with van der Waals surface area (Å²) in [6, 6.07) is 10.9. The predicted octanol–water partition coefficient (Wildman–Crippen LogP) is 3.30. The highest BCUT2D eigenvalue weighted by atomic mass is 16.5. The highest BCUT2D eigenvalue weighted by Crippen LogP contribution is 2.63. The number of nitrogens with zero attached hydrogens (tertiary/aromatic N) is 3. The molecule has 2 heterocycles. The van der Waals surface area contributed by atoms with E-state index in [-0.39, 0.29) is 41.8 Å². The van der Waals surface area contributed by atoms with Crippen LogP contribution in [0.4, 0.5) is 0 Å². The molecule has 1 saturated carbocycles. The standard InChI is InChI=1S/C31H31N3O7/c1-16-17(2)28(37)31(3)21(27(16)36)15-22-20(26(31)25-23(40-4)13-19(35)14-24(25)41-5)11-12-32-29(38)33(30(39)34(22)32)18-9-7-6-8-10-18/h6-11,13-14,21-22,26,35H,12,15H2,1-5H3/t21-,22+,26+,31+/m0/s1. The van der Waals surface area contributed by atoms with Crippen molar-refractivity contribution in [1.82, 2.24) is 13.9 Å². The number of hydrogen-bond donors (Lipinski definition) is 1. The second-order valence-electron chi connectivity index (χ2n) is 11.1. The SMILES string of the molecule is COc1cc(O)cc(OC)c1[C@H]1C2=CCn3c(=O)n(-c4ccccc4)c(=O)n3[C@@H]2C[C@H]2C(=O)C(C)=C(C)C(=O)[C@@]12C. The molecular formula is C31H31N3O7. The van der Waals surface area contributed by atoms with Gasteiger partial charge in [0.15, 0.2) is 11.6 Å². The molecule has 10 nitrogen and oxygen atoms in total. The van der Waals surface area contributed by atoms with Crippen LogP contribution in [-0.4, -0.2) is 44.8 Å². The van der Waals surface area contributed by atoms with Crippen molar-refractivity contribution in [3.05, 3.63) is 91.8 Å². The summed E-state index contributed by atoms with van der Waals surface area (Å²) in [7, 11) is 2.91. The Hall–Kier alpha value is -4.60. The van der Waals surface area contributed by atoms with Gasteiger partial charge in [-0.2, -0.15) is 0 Å². The first-order valence-corrected chi connectivity index (χ1v) is 13.5. The lowest BCUT2D eigenvalue weighted by atomic mass is 9.50. The Morgan fingerprint density at radius 3 is 2.17 bits per heavy atom. The van der Waals surface area contributed by atoms with Gasteiger partial charge in [-0.25, -0.2) is 23.5 Å². The van der Waals surface area contributed by atoms with E-state index in [1.54, 1.807) is 51.1 Å². The molecule has 3 aromatic rings. The smallest absolute Gasteiger partial charge is 0.352 e. The molecule has 4 atom stereocenters. The maximum Gasteiger partial charge on any atom is 0.352 e. The lowest BCUT2D eigenvalue weighted by Crippen LogP contribution is -2.55. The number of carbonyl (C=O) groups excluding carboxylic acids is 2. The Balaban J connectivity index is 1.66. The number of para-hydroxylation sites is 1. The van der Waals surface area contributed by atoms with E-state index < -0.39 is 34.7 Å². The molecule has 2 aliphatic carbocycles. The Labute approximate surface area is 235 Å². The average Bonchev–Trinajstić information content (AvgIpc) is 3.24. The van der Waals surface area contributed by atoms with Gasteiger partial charge in [-0.3, -0.25) is 9.59 Å². The van der Waals surface area contributed by atoms with E-state index in [1.165, 1.54) is 35.7 Å². The number of aromatic nitrogens is 3. The van der Waals surface area contributed by atoms with Crippen LogP contribution in [0, 0.1) is 11.3 Å². The molecule has 0 saturated heterocycles. The van der Waals surface area contributed by atoms with Gasteiger partial charge in [-0.05, 0) is 49.1 Å². The number of fused-ring (bicyclic) bond motifs is 4. The summed E-state index contributed by atoms with van der Waals surface area (Å²) in [5, 5.41) is 10.4. The lowest BCUT2D eigenvalue weighted by molar-refractivity contribution is -0.140. The molecular weight excluding hydrogens is 526 g/mol. The Morgan fingerprint density at radius 2 is 1.56 bits per heavy atom. The summed E-state index contributed by atoms with van der Waals surface area (Å²) in [6.07, 6.45) is 2.03. The van der Waals surface area contributed by atoms with Crippen molar-refractivity contribution in [2.75, 3.05) is 14.2 Å². The molecule has 6 rings (SSSR count). The van der Waals surface area contributed by atoms with E-state index in [0.717, 1.165) is 4.57 Å². The maximum atomic E-state index is 14.2. The van der Waals surface area contributed by atoms with Gasteiger partial charge < -0.3 is 14.6 Å². The maximum absolute atomic E-state index is 14.2. The molecule has 1 fully saturated rings. The van der Waals surface area contributed by atoms with E-state index in [4.69, 9.17) is 9.47 Å². The van der Waals surface area contributed by atoms with Crippen LogP contribution < -0.4 is 20.9 Å². The van der Waals surface area contributed by atoms with Crippen LogP contribution in [0.25, 0.3) is 5.69 Å². The number of ether oxygens (including phenoxy) is 2. The number of methoxy groups -OCH3 is 2. The van der Waals surface area contributed by atoms with Crippen molar-refractivity contribution in [2.45, 2.75) is 45.7 Å². The van der Waals surface area contributed by atoms with E-state index in [0.29, 0.717) is 28.0 Å². The van der Waals surface area contributed by atoms with Gasteiger partial charge in [0.2, 0.25) is 0 Å². The largest absolute Gasteiger partial charge is 0.508 e. The Kier molecular flexibility index (Phi) is 5.99. The summed E-state index contributed by atoms with van der Waals surface area (Å²) < 4.78 is 15.4. The molecule has 41 heavy (non-hydrogen) atoms. The number of allylic oxidation sites excluding steroid dienone is 4. The summed E-state index contributed by atoms with van der Waals surface area (Å²) in [5.41, 5.74) is 0.194. The lowest BCUT2D eigenvalue weighted by Gasteiger charge is -2.53. The third-order valence-electron chi connectivity index (χ3n) is 9.27. The minimum absolute atomic E-state index is 0.0860. The molecule has 0 amide bonds. The quantitative estimate of drug-likeness (QED) is 0.489. The van der Waals surface area contributed by atoms with Crippen molar-refractivity contribution in [3.63, 3.8) is 0 Å². The molecule has 1 aromatic heterocycles. The molecule has 0 unspecified atom stereocenters. The minimum atomic E-state index is -1.24. The summed E-state index contributed by atoms with van der Waals surface area (Å²) in [6.45, 7) is 5.21. The fourth-order valence-electron chi connectivity index (χ4n) is 7.16. The van der Waals surface area contributed by atoms with Crippen LogP contribution in [0.5, 0.6) is 17.2 Å². The van der Waals surface area contributed by atoms with E-state index in [1.807, 2.05) is 6.08 Å². The third kappa shape index (κ3) is 3.49. The number of aromatic hydroxyl groups is 1. The molecule has 0 bridgehead atoms. The number of phenolic OH excluding ortho intramolecular Hbond substituents is 1. The number of ketones is 2. The highest BCUT2D eigenvalue weighted by molar-refractivity contribution is 6.15. The van der Waals surface area contributed by atoms with E-state index >= 15 is 0 Å². The van der Waals surface area contributed by atoms with Crippen LogP contribution in [0.3, 0.4) is 0 Å². The zero-order valence-corrected chi connectivity index (χ0v) is 23.5. The topological polar surface area (TPSA) is 122 Å². The molecule has 0 spiro atoms. The zero-order chi connectivity index (χ0) is 29.4. The van der Waals surface area contributed by atoms with Gasteiger partial charge in [0.1, 0.15) is 17.2 Å². The van der Waals surface area contributed by atoms with E-state index in [2.05, 4.69) is 0 Å². The fraction of sp³-hybridized carbons (Fsp3) is 0.355. The summed E-state index contributed by atoms with van der Waals surface area (Å²) >= 11 is 0. The average molecular weight is 558 g/mol. The van der Waals surface area contributed by atoms with Gasteiger partial charge in [-0.1, -0.05) is 31.2 Å². The number of carbonyl (C=O) groups is 2. The first-order chi connectivity index (χ1) is 19.6. The van der Waals surface area contributed by atoms with Crippen molar-refractivity contribution >= 4 is 11.6 Å². The van der Waals surface area contributed by atoms with Crippen LogP contribution in [0.1, 0.15) is 44.7 Å². The number of hydrogen-bond acceptors (Lipinski definition) is 7. The summed E-state index contributed by atoms with van der Waals surface area (Å²) in [5.74, 6) is -1.39. The zero-order valence-electron chi connectivity index (χ0n) is 23.5. The molecule has 1 N–H and O–H groups in total. The predicted molar refractivity (Wildman–Crippen MR) is 150 cm³/mol. The Morgan fingerprint density at radius 1 is 0.927 bits per heavy atom. The van der Waals surface area contributed by atoms with Crippen molar-refractivity contribution < 1.29 is 24.2 Å². The van der Waals surface area contributed by atoms with Gasteiger partial charge in [-0.15, -0.1) is 0 Å². The van der Waals surface area contributed by atoms with Gasteiger partial charge in [0.05, 0.1) is 37.9 Å². The van der Waals surface area contributed by atoms with Gasteiger partial charge in [0, 0.05) is 29.5 Å². The van der Waals surface area contributed by atoms with Crippen LogP contribution >= 0.6 is 0 Å². The third-order valence-corrected chi connectivity index (χ3v) is 9.27. The van der Waals surface area contributed by atoms with Crippen LogP contribution in [0.2, 0.25) is 0 Å². The van der Waals surface area contributed by atoms with Crippen molar-refractivity contribution in [2.24, 2.45) is 11.3 Å². The second kappa shape index (κ2) is 9.22. The first kappa shape index (κ1) is 26.6. The highest BCUT2D eigenvalue weighted by Gasteiger charge is 2.61. The first-order valence-electron chi connectivity index (χ1n) is 13.5. The number of benzene rings is 2.